The van der Waals surface area contributed by atoms with E-state index < -0.39 is 17.6 Å². The van der Waals surface area contributed by atoms with Crippen LogP contribution in [0.5, 0.6) is 0 Å². The number of anilines is 2. The van der Waals surface area contributed by atoms with Crippen LogP contribution in [0.2, 0.25) is 0 Å². The minimum atomic E-state index is -4.44. The van der Waals surface area contributed by atoms with Gasteiger partial charge in [0.05, 0.1) is 17.5 Å². The maximum atomic E-state index is 12.8. The molecule has 0 atom stereocenters. The van der Waals surface area contributed by atoms with E-state index in [1.165, 1.54) is 13.0 Å². The van der Waals surface area contributed by atoms with Crippen molar-refractivity contribution in [3.63, 3.8) is 0 Å². The molecule has 4 N–H and O–H groups in total. The lowest BCUT2D eigenvalue weighted by Gasteiger charge is -2.12. The summed E-state index contributed by atoms with van der Waals surface area (Å²) in [4.78, 5) is 19.1. The molecule has 1 aromatic heterocycles. The van der Waals surface area contributed by atoms with Gasteiger partial charge in [-0.05, 0) is 48.4 Å². The van der Waals surface area contributed by atoms with Crippen molar-refractivity contribution in [1.82, 2.24) is 9.97 Å². The van der Waals surface area contributed by atoms with E-state index in [1.54, 1.807) is 30.5 Å². The van der Waals surface area contributed by atoms with E-state index in [2.05, 4.69) is 15.3 Å². The maximum Gasteiger partial charge on any atom is 0.416 e. The monoisotopic (exact) mass is 360 g/mol. The van der Waals surface area contributed by atoms with Crippen LogP contribution in [-0.2, 0) is 6.18 Å². The van der Waals surface area contributed by atoms with E-state index in [0.717, 1.165) is 23.4 Å². The summed E-state index contributed by atoms with van der Waals surface area (Å²) >= 11 is 0. The molecule has 1 amide bonds. The first-order valence-electron chi connectivity index (χ1n) is 7.64. The molecule has 2 aromatic carbocycles. The Kier molecular flexibility index (Phi) is 4.41. The Morgan fingerprint density at radius 2 is 1.85 bits per heavy atom. The van der Waals surface area contributed by atoms with Gasteiger partial charge in [-0.1, -0.05) is 12.1 Å². The first-order chi connectivity index (χ1) is 12.2. The molecule has 5 nitrogen and oxygen atoms in total. The number of nitrogens with zero attached hydrogens (tertiary/aromatic N) is 1. The van der Waals surface area contributed by atoms with Crippen molar-refractivity contribution in [2.24, 2.45) is 0 Å². The van der Waals surface area contributed by atoms with Crippen LogP contribution in [-0.4, -0.2) is 15.9 Å². The third kappa shape index (κ3) is 3.69. The number of alkyl halides is 3. The number of carbonyl (C=O) groups excluding carboxylic acids is 1. The number of halogens is 3. The molecule has 0 saturated carbocycles. The van der Waals surface area contributed by atoms with Gasteiger partial charge in [0.25, 0.3) is 5.91 Å². The number of hydrogen-bond donors (Lipinski definition) is 3. The predicted molar refractivity (Wildman–Crippen MR) is 92.6 cm³/mol. The van der Waals surface area contributed by atoms with Crippen LogP contribution in [0, 0.1) is 6.92 Å². The van der Waals surface area contributed by atoms with Gasteiger partial charge in [0.15, 0.2) is 5.95 Å². The van der Waals surface area contributed by atoms with Crippen LogP contribution < -0.4 is 11.1 Å². The molecular weight excluding hydrogens is 345 g/mol. The lowest BCUT2D eigenvalue weighted by Crippen LogP contribution is -2.14. The van der Waals surface area contributed by atoms with Gasteiger partial charge in [-0.3, -0.25) is 4.79 Å². The third-order valence-corrected chi connectivity index (χ3v) is 3.84. The smallest absolute Gasteiger partial charge is 0.369 e. The highest BCUT2D eigenvalue weighted by atomic mass is 19.4. The fourth-order valence-corrected chi connectivity index (χ4v) is 2.54. The number of aromatic amines is 1. The molecule has 0 radical (unpaired) electrons. The molecule has 0 fully saturated rings. The number of nitrogens with two attached hydrogens (primary N) is 1. The fraction of sp³-hybridized carbons (Fsp3) is 0.111. The lowest BCUT2D eigenvalue weighted by molar-refractivity contribution is -0.138. The molecule has 0 unspecified atom stereocenters. The number of imidazole rings is 1. The fourth-order valence-electron chi connectivity index (χ4n) is 2.54. The molecule has 0 bridgehead atoms. The zero-order chi connectivity index (χ0) is 18.9. The van der Waals surface area contributed by atoms with Gasteiger partial charge in [-0.15, -0.1) is 0 Å². The van der Waals surface area contributed by atoms with E-state index in [-0.39, 0.29) is 11.1 Å². The van der Waals surface area contributed by atoms with E-state index in [4.69, 9.17) is 5.73 Å². The number of aromatic nitrogens is 2. The number of rotatable bonds is 3. The Bertz CT molecular complexity index is 946. The number of carbonyl (C=O) groups is 1. The molecule has 8 heteroatoms. The van der Waals surface area contributed by atoms with Crippen LogP contribution in [0.25, 0.3) is 11.3 Å². The molecule has 26 heavy (non-hydrogen) atoms. The summed E-state index contributed by atoms with van der Waals surface area (Å²) in [6.07, 6.45) is -2.85. The summed E-state index contributed by atoms with van der Waals surface area (Å²) < 4.78 is 38.4. The highest BCUT2D eigenvalue weighted by molar-refractivity contribution is 6.04. The Hall–Kier alpha value is -3.29. The minimum Gasteiger partial charge on any atom is -0.369 e. The Morgan fingerprint density at radius 1 is 1.15 bits per heavy atom. The van der Waals surface area contributed by atoms with E-state index in [9.17, 15) is 18.0 Å². The summed E-state index contributed by atoms with van der Waals surface area (Å²) in [5, 5.41) is 2.66. The van der Waals surface area contributed by atoms with E-state index in [1.807, 2.05) is 0 Å². The van der Waals surface area contributed by atoms with Gasteiger partial charge in [-0.25, -0.2) is 4.98 Å². The number of aryl methyl sites for hydroxylation is 1. The zero-order valence-corrected chi connectivity index (χ0v) is 13.7. The van der Waals surface area contributed by atoms with Crippen molar-refractivity contribution in [3.8, 4) is 11.3 Å². The average molecular weight is 360 g/mol. The predicted octanol–water partition coefficient (Wildman–Crippen LogP) is 4.24. The molecule has 3 aromatic rings. The largest absolute Gasteiger partial charge is 0.416 e. The molecule has 0 aliphatic heterocycles. The molecule has 0 saturated heterocycles. The van der Waals surface area contributed by atoms with Crippen molar-refractivity contribution in [1.29, 1.82) is 0 Å². The van der Waals surface area contributed by atoms with Gasteiger partial charge in [-0.2, -0.15) is 13.2 Å². The van der Waals surface area contributed by atoms with Crippen LogP contribution in [0.1, 0.15) is 21.5 Å². The molecule has 0 aliphatic carbocycles. The number of amides is 1. The van der Waals surface area contributed by atoms with Crippen molar-refractivity contribution in [3.05, 3.63) is 65.4 Å². The second-order valence-electron chi connectivity index (χ2n) is 5.74. The number of benzene rings is 2. The number of nitrogens with one attached hydrogen (secondary N) is 2. The van der Waals surface area contributed by atoms with E-state index >= 15 is 0 Å². The first kappa shape index (κ1) is 17.5. The van der Waals surface area contributed by atoms with Gasteiger partial charge in [0.2, 0.25) is 0 Å². The molecule has 3 rings (SSSR count). The molecular formula is C18H15F3N4O. The summed E-state index contributed by atoms with van der Waals surface area (Å²) in [5.74, 6) is -0.185. The van der Waals surface area contributed by atoms with Crippen molar-refractivity contribution >= 4 is 17.5 Å². The van der Waals surface area contributed by atoms with Gasteiger partial charge in [0.1, 0.15) is 0 Å². The van der Waals surface area contributed by atoms with Crippen molar-refractivity contribution in [2.75, 3.05) is 11.1 Å². The standard InChI is InChI=1S/C18H15F3N4O/c1-10-8-12(4-7-14(10)18(19,20)21)16(26)24-13-5-2-11(3-6-13)15-9-23-17(22)25-15/h2-9H,1H3,(H,24,26)(H3,22,23,25). The van der Waals surface area contributed by atoms with Crippen LogP contribution in [0.3, 0.4) is 0 Å². The lowest BCUT2D eigenvalue weighted by atomic mass is 10.0. The third-order valence-electron chi connectivity index (χ3n) is 3.84. The van der Waals surface area contributed by atoms with Crippen LogP contribution in [0.4, 0.5) is 24.8 Å². The second-order valence-corrected chi connectivity index (χ2v) is 5.74. The Labute approximate surface area is 147 Å². The van der Waals surface area contributed by atoms with Crippen LogP contribution >= 0.6 is 0 Å². The van der Waals surface area contributed by atoms with E-state index in [0.29, 0.717) is 11.6 Å². The summed E-state index contributed by atoms with van der Waals surface area (Å²) in [6.45, 7) is 1.32. The summed E-state index contributed by atoms with van der Waals surface area (Å²) in [7, 11) is 0. The quantitative estimate of drug-likeness (QED) is 0.653. The maximum absolute atomic E-state index is 12.8. The van der Waals surface area contributed by atoms with Gasteiger partial charge in [0, 0.05) is 11.3 Å². The second kappa shape index (κ2) is 6.55. The number of nitrogen functional groups attached to an aromatic ring is 1. The minimum absolute atomic E-state index is 0.00247. The highest BCUT2D eigenvalue weighted by Gasteiger charge is 2.32. The van der Waals surface area contributed by atoms with Crippen molar-refractivity contribution < 1.29 is 18.0 Å². The Morgan fingerprint density at radius 3 is 2.38 bits per heavy atom. The zero-order valence-electron chi connectivity index (χ0n) is 13.7. The first-order valence-corrected chi connectivity index (χ1v) is 7.64. The highest BCUT2D eigenvalue weighted by Crippen LogP contribution is 2.32. The number of hydrogen-bond acceptors (Lipinski definition) is 3. The topological polar surface area (TPSA) is 83.8 Å². The molecule has 1 heterocycles. The summed E-state index contributed by atoms with van der Waals surface area (Å²) in [6, 6.07) is 10.2. The summed E-state index contributed by atoms with van der Waals surface area (Å²) in [5.41, 5.74) is 7.01. The molecule has 0 aliphatic rings. The average Bonchev–Trinajstić information content (AvgIpc) is 3.00. The van der Waals surface area contributed by atoms with Gasteiger partial charge < -0.3 is 16.0 Å². The molecule has 134 valence electrons. The normalized spacial score (nSPS) is 11.4. The van der Waals surface area contributed by atoms with Gasteiger partial charge >= 0.3 is 6.18 Å². The number of H-pyrrole nitrogens is 1. The van der Waals surface area contributed by atoms with Crippen LogP contribution in [0.15, 0.2) is 48.7 Å². The van der Waals surface area contributed by atoms with Crippen molar-refractivity contribution in [2.45, 2.75) is 13.1 Å². The SMILES string of the molecule is Cc1cc(C(=O)Nc2ccc(-c3cnc(N)[nH]3)cc2)ccc1C(F)(F)F. The Balaban J connectivity index is 1.75. The molecule has 0 spiro atoms.